The lowest BCUT2D eigenvalue weighted by molar-refractivity contribution is -0.385. The number of hydrogen-bond acceptors (Lipinski definition) is 5. The summed E-state index contributed by atoms with van der Waals surface area (Å²) in [6.07, 6.45) is 9.20. The largest absolute Gasteiger partial charge is 0.325 e. The first-order valence-electron chi connectivity index (χ1n) is 11.5. The molecular weight excluding hydrogens is 438 g/mol. The summed E-state index contributed by atoms with van der Waals surface area (Å²) in [6, 6.07) is 13.5. The fourth-order valence-electron chi connectivity index (χ4n) is 4.10. The Hall–Kier alpha value is -2.87. The van der Waals surface area contributed by atoms with E-state index in [-0.39, 0.29) is 17.0 Å². The predicted molar refractivity (Wildman–Crippen MR) is 131 cm³/mol. The summed E-state index contributed by atoms with van der Waals surface area (Å²) in [7, 11) is 0. The van der Waals surface area contributed by atoms with Gasteiger partial charge >= 0.3 is 6.03 Å². The molecule has 7 nitrogen and oxygen atoms in total. The Labute approximate surface area is 199 Å². The standard InChI is InChI=1S/C14H11NO3S.C11H20N2O/c1-19-11-7-8-12(13(9-11)15(17)18)14(16)10-5-3-2-4-6-10;14-11(12-7-3-1-4-8-12)13-9-5-2-6-10-13/h2-9H,1H3;1-10H2. The van der Waals surface area contributed by atoms with Gasteiger partial charge in [-0.25, -0.2) is 4.79 Å². The van der Waals surface area contributed by atoms with Crippen LogP contribution in [0.15, 0.2) is 53.4 Å². The van der Waals surface area contributed by atoms with Gasteiger partial charge in [0, 0.05) is 42.7 Å². The van der Waals surface area contributed by atoms with Crippen molar-refractivity contribution in [3.05, 3.63) is 69.8 Å². The van der Waals surface area contributed by atoms with Gasteiger partial charge in [-0.3, -0.25) is 14.9 Å². The number of likely N-dealkylation sites (tertiary alicyclic amines) is 2. The van der Waals surface area contributed by atoms with Crippen molar-refractivity contribution in [3.8, 4) is 0 Å². The van der Waals surface area contributed by atoms with Crippen molar-refractivity contribution in [2.24, 2.45) is 0 Å². The van der Waals surface area contributed by atoms with Gasteiger partial charge in [0.25, 0.3) is 5.69 Å². The lowest BCUT2D eigenvalue weighted by Gasteiger charge is -2.34. The zero-order valence-electron chi connectivity index (χ0n) is 19.1. The molecule has 2 aromatic rings. The lowest BCUT2D eigenvalue weighted by atomic mass is 10.0. The molecule has 0 aromatic heterocycles. The van der Waals surface area contributed by atoms with Gasteiger partial charge in [0.2, 0.25) is 0 Å². The van der Waals surface area contributed by atoms with Crippen LogP contribution in [0.1, 0.15) is 54.4 Å². The molecule has 176 valence electrons. The number of ketones is 1. The summed E-state index contributed by atoms with van der Waals surface area (Å²) in [4.78, 5) is 39.7. The lowest BCUT2D eigenvalue weighted by Crippen LogP contribution is -2.47. The summed E-state index contributed by atoms with van der Waals surface area (Å²) in [6.45, 7) is 3.93. The van der Waals surface area contributed by atoms with Crippen molar-refractivity contribution in [3.63, 3.8) is 0 Å². The molecule has 0 spiro atoms. The average molecular weight is 470 g/mol. The van der Waals surface area contributed by atoms with Crippen LogP contribution < -0.4 is 0 Å². The van der Waals surface area contributed by atoms with E-state index in [0.717, 1.165) is 31.1 Å². The van der Waals surface area contributed by atoms with E-state index in [1.165, 1.54) is 62.4 Å². The van der Waals surface area contributed by atoms with Crippen LogP contribution in [0.4, 0.5) is 10.5 Å². The molecular formula is C25H31N3O4S. The highest BCUT2D eigenvalue weighted by Gasteiger charge is 2.23. The number of urea groups is 1. The Kier molecular flexibility index (Phi) is 9.30. The molecule has 2 amide bonds. The third kappa shape index (κ3) is 6.81. The minimum absolute atomic E-state index is 0.119. The predicted octanol–water partition coefficient (Wildman–Crippen LogP) is 5.63. The highest BCUT2D eigenvalue weighted by Crippen LogP contribution is 2.27. The quantitative estimate of drug-likeness (QED) is 0.251. The van der Waals surface area contributed by atoms with E-state index in [1.54, 1.807) is 36.4 Å². The highest BCUT2D eigenvalue weighted by atomic mass is 32.2. The first-order chi connectivity index (χ1) is 16.0. The van der Waals surface area contributed by atoms with Crippen LogP contribution in [-0.2, 0) is 0 Å². The van der Waals surface area contributed by atoms with Gasteiger partial charge in [0.1, 0.15) is 5.56 Å². The molecule has 2 heterocycles. The van der Waals surface area contributed by atoms with Crippen molar-refractivity contribution >= 4 is 29.3 Å². The SMILES string of the molecule is CSc1ccc(C(=O)c2ccccc2)c([N+](=O)[O-])c1.O=C(N1CCCCC1)N1CCCCC1. The van der Waals surface area contributed by atoms with E-state index in [2.05, 4.69) is 0 Å². The van der Waals surface area contributed by atoms with Gasteiger partial charge in [-0.2, -0.15) is 0 Å². The molecule has 0 radical (unpaired) electrons. The van der Waals surface area contributed by atoms with E-state index in [0.29, 0.717) is 11.6 Å². The van der Waals surface area contributed by atoms with Gasteiger partial charge in [-0.15, -0.1) is 11.8 Å². The maximum absolute atomic E-state index is 12.3. The van der Waals surface area contributed by atoms with E-state index in [4.69, 9.17) is 0 Å². The van der Waals surface area contributed by atoms with Gasteiger partial charge in [0.15, 0.2) is 5.78 Å². The molecule has 2 aromatic carbocycles. The van der Waals surface area contributed by atoms with Crippen LogP contribution in [0.25, 0.3) is 0 Å². The molecule has 0 N–H and O–H groups in total. The van der Waals surface area contributed by atoms with Crippen LogP contribution in [0.3, 0.4) is 0 Å². The first kappa shape index (κ1) is 24.8. The van der Waals surface area contributed by atoms with Crippen LogP contribution in [0.2, 0.25) is 0 Å². The van der Waals surface area contributed by atoms with Crippen LogP contribution in [-0.4, -0.2) is 59.0 Å². The second-order valence-electron chi connectivity index (χ2n) is 8.21. The summed E-state index contributed by atoms with van der Waals surface area (Å²) >= 11 is 1.40. The molecule has 8 heteroatoms. The number of piperidine rings is 2. The van der Waals surface area contributed by atoms with E-state index >= 15 is 0 Å². The zero-order valence-corrected chi connectivity index (χ0v) is 19.9. The molecule has 33 heavy (non-hydrogen) atoms. The number of nitrogens with zero attached hydrogens (tertiary/aromatic N) is 3. The first-order valence-corrected chi connectivity index (χ1v) is 12.7. The molecule has 2 saturated heterocycles. The van der Waals surface area contributed by atoms with E-state index in [9.17, 15) is 19.7 Å². The molecule has 2 fully saturated rings. The van der Waals surface area contributed by atoms with Gasteiger partial charge in [0.05, 0.1) is 4.92 Å². The molecule has 2 aliphatic heterocycles. The average Bonchev–Trinajstić information content (AvgIpc) is 2.89. The topological polar surface area (TPSA) is 83.8 Å². The fourth-order valence-corrected chi connectivity index (χ4v) is 4.53. The summed E-state index contributed by atoms with van der Waals surface area (Å²) in [5, 5.41) is 11.1. The molecule has 4 rings (SSSR count). The Morgan fingerprint density at radius 1 is 0.848 bits per heavy atom. The van der Waals surface area contributed by atoms with E-state index < -0.39 is 4.92 Å². The van der Waals surface area contributed by atoms with Crippen molar-refractivity contribution in [1.29, 1.82) is 0 Å². The molecule has 0 saturated carbocycles. The van der Waals surface area contributed by atoms with Crippen LogP contribution in [0.5, 0.6) is 0 Å². The number of rotatable bonds is 4. The van der Waals surface area contributed by atoms with Crippen molar-refractivity contribution in [2.45, 2.75) is 43.4 Å². The maximum Gasteiger partial charge on any atom is 0.319 e. The molecule has 0 atom stereocenters. The Bertz CT molecular complexity index is 935. The van der Waals surface area contributed by atoms with Gasteiger partial charge < -0.3 is 9.80 Å². The highest BCUT2D eigenvalue weighted by molar-refractivity contribution is 7.98. The Balaban J connectivity index is 0.000000194. The fraction of sp³-hybridized carbons (Fsp3) is 0.440. The molecule has 0 aliphatic carbocycles. The van der Waals surface area contributed by atoms with Crippen molar-refractivity contribution in [2.75, 3.05) is 32.4 Å². The second-order valence-corrected chi connectivity index (χ2v) is 9.09. The summed E-state index contributed by atoms with van der Waals surface area (Å²) < 4.78 is 0. The Morgan fingerprint density at radius 3 is 1.88 bits per heavy atom. The third-order valence-electron chi connectivity index (χ3n) is 5.94. The minimum Gasteiger partial charge on any atom is -0.325 e. The van der Waals surface area contributed by atoms with Crippen molar-refractivity contribution in [1.82, 2.24) is 9.80 Å². The monoisotopic (exact) mass is 469 g/mol. The number of nitro groups is 1. The number of nitro benzene ring substituents is 1. The van der Waals surface area contributed by atoms with Gasteiger partial charge in [-0.1, -0.05) is 30.3 Å². The number of hydrogen-bond donors (Lipinski definition) is 0. The number of carbonyl (C=O) groups excluding carboxylic acids is 2. The molecule has 0 unspecified atom stereocenters. The number of thioether (sulfide) groups is 1. The summed E-state index contributed by atoms with van der Waals surface area (Å²) in [5.41, 5.74) is 0.414. The van der Waals surface area contributed by atoms with E-state index in [1.807, 2.05) is 16.1 Å². The minimum atomic E-state index is -0.518. The normalized spacial score (nSPS) is 15.9. The number of carbonyl (C=O) groups is 2. The van der Waals surface area contributed by atoms with Gasteiger partial charge in [-0.05, 0) is 56.9 Å². The molecule has 0 bridgehead atoms. The summed E-state index contributed by atoms with van der Waals surface area (Å²) in [5.74, 6) is -0.333. The Morgan fingerprint density at radius 2 is 1.39 bits per heavy atom. The van der Waals surface area contributed by atoms with Crippen LogP contribution >= 0.6 is 11.8 Å². The number of benzene rings is 2. The number of amides is 2. The molecule has 2 aliphatic rings. The zero-order chi connectivity index (χ0) is 23.6. The van der Waals surface area contributed by atoms with Crippen LogP contribution in [0, 0.1) is 10.1 Å². The second kappa shape index (κ2) is 12.4. The maximum atomic E-state index is 12.3. The van der Waals surface area contributed by atoms with Crippen molar-refractivity contribution < 1.29 is 14.5 Å². The smallest absolute Gasteiger partial charge is 0.319 e. The third-order valence-corrected chi connectivity index (χ3v) is 6.66.